The molecule has 116 valence electrons. The number of hydrogen-bond acceptors (Lipinski definition) is 3. The van der Waals surface area contributed by atoms with Crippen LogP contribution in [0, 0.1) is 17.5 Å². The van der Waals surface area contributed by atoms with Crippen molar-refractivity contribution in [3.05, 3.63) is 79.4 Å². The normalized spacial score (nSPS) is 11.8. The van der Waals surface area contributed by atoms with Gasteiger partial charge >= 0.3 is 0 Å². The number of benzene rings is 1. The van der Waals surface area contributed by atoms with E-state index in [-0.39, 0.29) is 15.7 Å². The lowest BCUT2D eigenvalue weighted by molar-refractivity contribution is 0.524. The van der Waals surface area contributed by atoms with Gasteiger partial charge in [0.05, 0.1) is 10.9 Å². The molecule has 23 heavy (non-hydrogen) atoms. The van der Waals surface area contributed by atoms with Gasteiger partial charge in [-0.2, -0.15) is 0 Å². The van der Waals surface area contributed by atoms with Gasteiger partial charge in [0.25, 0.3) is 5.56 Å². The second-order valence-corrected chi connectivity index (χ2v) is 5.39. The van der Waals surface area contributed by atoms with Gasteiger partial charge in [-0.15, -0.1) is 0 Å². The van der Waals surface area contributed by atoms with Crippen molar-refractivity contribution in [2.45, 2.75) is 6.92 Å². The minimum atomic E-state index is -0.536. The van der Waals surface area contributed by atoms with Crippen LogP contribution in [-0.2, 0) is 0 Å². The smallest absolute Gasteiger partial charge is 0.266 e. The van der Waals surface area contributed by atoms with E-state index in [1.807, 2.05) is 0 Å². The van der Waals surface area contributed by atoms with Crippen LogP contribution in [0.15, 0.2) is 45.6 Å². The number of aromatic nitrogens is 2. The van der Waals surface area contributed by atoms with Crippen LogP contribution >= 0.6 is 12.2 Å². The third kappa shape index (κ3) is 2.80. The number of para-hydroxylation sites is 1. The average Bonchev–Trinajstić information content (AvgIpc) is 2.91. The summed E-state index contributed by atoms with van der Waals surface area (Å²) >= 11 is 5.16. The lowest BCUT2D eigenvalue weighted by Crippen LogP contribution is -2.46. The Hall–Kier alpha value is -2.73. The number of nitrogens with one attached hydrogen (secondary N) is 1. The first kappa shape index (κ1) is 15.2. The molecule has 6 heteroatoms. The van der Waals surface area contributed by atoms with E-state index in [1.165, 1.54) is 12.1 Å². The fraction of sp³-hybridized carbons (Fsp3) is 0.0588. The molecule has 0 spiro atoms. The molecule has 0 saturated carbocycles. The minimum Gasteiger partial charge on any atom is -0.462 e. The molecular formula is C17H13FN2O2S. The van der Waals surface area contributed by atoms with Gasteiger partial charge in [-0.05, 0) is 49.5 Å². The summed E-state index contributed by atoms with van der Waals surface area (Å²) in [6.45, 7) is 5.60. The zero-order valence-electron chi connectivity index (χ0n) is 12.3. The Morgan fingerprint density at radius 1 is 1.30 bits per heavy atom. The molecule has 3 aromatic rings. The molecule has 0 aliphatic heterocycles. The van der Waals surface area contributed by atoms with E-state index < -0.39 is 11.4 Å². The van der Waals surface area contributed by atoms with Crippen molar-refractivity contribution in [2.75, 3.05) is 0 Å². The maximum atomic E-state index is 14.0. The van der Waals surface area contributed by atoms with E-state index in [0.717, 1.165) is 10.3 Å². The van der Waals surface area contributed by atoms with Crippen LogP contribution in [0.4, 0.5) is 4.39 Å². The van der Waals surface area contributed by atoms with E-state index in [0.29, 0.717) is 11.1 Å². The zero-order chi connectivity index (χ0) is 16.6. The van der Waals surface area contributed by atoms with Gasteiger partial charge in [0.15, 0.2) is 4.77 Å². The van der Waals surface area contributed by atoms with Gasteiger partial charge in [0.2, 0.25) is 0 Å². The molecule has 0 unspecified atom stereocenters. The summed E-state index contributed by atoms with van der Waals surface area (Å²) in [7, 11) is 0. The number of furan rings is 1. The highest BCUT2D eigenvalue weighted by molar-refractivity contribution is 7.71. The summed E-state index contributed by atoms with van der Waals surface area (Å²) < 4.78 is 20.7. The summed E-state index contributed by atoms with van der Waals surface area (Å²) in [5.74, 6) is 0.695. The van der Waals surface area contributed by atoms with Gasteiger partial charge in [0.1, 0.15) is 17.3 Å². The molecule has 0 fully saturated rings. The monoisotopic (exact) mass is 328 g/mol. The molecule has 1 N–H and O–H groups in total. The number of rotatable bonds is 2. The van der Waals surface area contributed by atoms with Crippen molar-refractivity contribution < 1.29 is 8.81 Å². The Morgan fingerprint density at radius 2 is 2.04 bits per heavy atom. The van der Waals surface area contributed by atoms with Gasteiger partial charge < -0.3 is 9.40 Å². The van der Waals surface area contributed by atoms with Crippen molar-refractivity contribution in [3.63, 3.8) is 0 Å². The molecule has 0 amide bonds. The minimum absolute atomic E-state index is 0.0814. The van der Waals surface area contributed by atoms with Crippen LogP contribution < -0.4 is 16.1 Å². The third-order valence-corrected chi connectivity index (χ3v) is 3.65. The lowest BCUT2D eigenvalue weighted by atomic mass is 10.3. The fourth-order valence-electron chi connectivity index (χ4n) is 2.27. The van der Waals surface area contributed by atoms with Crippen molar-refractivity contribution >= 4 is 24.9 Å². The first-order valence-corrected chi connectivity index (χ1v) is 7.25. The van der Waals surface area contributed by atoms with Crippen LogP contribution in [0.3, 0.4) is 0 Å². The van der Waals surface area contributed by atoms with Gasteiger partial charge in [0, 0.05) is 5.35 Å². The predicted molar refractivity (Wildman–Crippen MR) is 89.0 cm³/mol. The first-order chi connectivity index (χ1) is 11.0. The summed E-state index contributed by atoms with van der Waals surface area (Å²) in [6.07, 6.45) is 1.56. The number of hydrogen-bond donors (Lipinski definition) is 1. The summed E-state index contributed by atoms with van der Waals surface area (Å²) in [5.41, 5.74) is -0.373. The van der Waals surface area contributed by atoms with Crippen molar-refractivity contribution in [1.29, 1.82) is 0 Å². The summed E-state index contributed by atoms with van der Waals surface area (Å²) in [5, 5.41) is 0.609. The van der Waals surface area contributed by atoms with E-state index in [9.17, 15) is 9.18 Å². The standard InChI is InChI=1S/C17H13FN2O2S/c1-10-7-8-12(22-10)9-13-11(2)19-17(23)20(16(13)21)15-6-4-3-5-14(15)18/h3-9H,2H2,1H3,(H,19,23)/b13-9+. The Morgan fingerprint density at radius 3 is 2.70 bits per heavy atom. The van der Waals surface area contributed by atoms with E-state index in [2.05, 4.69) is 11.6 Å². The molecule has 0 bridgehead atoms. The molecule has 3 rings (SSSR count). The Kier molecular flexibility index (Phi) is 3.83. The Bertz CT molecular complexity index is 1110. The number of aryl methyl sites for hydroxylation is 1. The second-order valence-electron chi connectivity index (χ2n) is 5.01. The molecular weight excluding hydrogens is 315 g/mol. The molecule has 0 radical (unpaired) electrons. The molecule has 1 aromatic carbocycles. The fourth-order valence-corrected chi connectivity index (χ4v) is 2.57. The maximum absolute atomic E-state index is 14.0. The number of halogens is 1. The molecule has 0 saturated heterocycles. The van der Waals surface area contributed by atoms with Crippen LogP contribution in [0.2, 0.25) is 0 Å². The van der Waals surface area contributed by atoms with Crippen LogP contribution in [-0.4, -0.2) is 9.55 Å². The lowest BCUT2D eigenvalue weighted by Gasteiger charge is -2.07. The van der Waals surface area contributed by atoms with Gasteiger partial charge in [-0.25, -0.2) is 8.96 Å². The van der Waals surface area contributed by atoms with E-state index >= 15 is 0 Å². The predicted octanol–water partition coefficient (Wildman–Crippen LogP) is 2.17. The van der Waals surface area contributed by atoms with Crippen LogP contribution in [0.5, 0.6) is 0 Å². The summed E-state index contributed by atoms with van der Waals surface area (Å²) in [6, 6.07) is 9.47. The van der Waals surface area contributed by atoms with Crippen molar-refractivity contribution in [1.82, 2.24) is 9.55 Å². The highest BCUT2D eigenvalue weighted by Crippen LogP contribution is 2.10. The SMILES string of the molecule is C=c1[nH]c(=S)n(-c2ccccc2F)c(=O)/c1=C/c1ccc(C)o1. The van der Waals surface area contributed by atoms with Crippen molar-refractivity contribution in [3.8, 4) is 5.69 Å². The quantitative estimate of drug-likeness (QED) is 0.734. The van der Waals surface area contributed by atoms with Crippen LogP contribution in [0.1, 0.15) is 11.5 Å². The largest absolute Gasteiger partial charge is 0.462 e. The van der Waals surface area contributed by atoms with Gasteiger partial charge in [-0.3, -0.25) is 4.79 Å². The molecule has 0 aliphatic rings. The number of aromatic amines is 1. The van der Waals surface area contributed by atoms with Crippen LogP contribution in [0.25, 0.3) is 18.3 Å². The highest BCUT2D eigenvalue weighted by atomic mass is 32.1. The molecule has 4 nitrogen and oxygen atoms in total. The van der Waals surface area contributed by atoms with E-state index in [1.54, 1.807) is 37.3 Å². The topological polar surface area (TPSA) is 50.9 Å². The maximum Gasteiger partial charge on any atom is 0.266 e. The first-order valence-electron chi connectivity index (χ1n) is 6.85. The second kappa shape index (κ2) is 5.81. The average molecular weight is 328 g/mol. The molecule has 0 aliphatic carbocycles. The Balaban J connectivity index is 2.37. The van der Waals surface area contributed by atoms with Gasteiger partial charge in [-0.1, -0.05) is 18.7 Å². The Labute approximate surface area is 135 Å². The zero-order valence-corrected chi connectivity index (χ0v) is 13.1. The summed E-state index contributed by atoms with van der Waals surface area (Å²) in [4.78, 5) is 15.6. The molecule has 2 heterocycles. The number of H-pyrrole nitrogens is 1. The third-order valence-electron chi connectivity index (χ3n) is 3.36. The molecule has 2 aromatic heterocycles. The van der Waals surface area contributed by atoms with E-state index in [4.69, 9.17) is 16.6 Å². The highest BCUT2D eigenvalue weighted by Gasteiger charge is 2.09. The molecule has 0 atom stereocenters. The number of nitrogens with zero attached hydrogens (tertiary/aromatic N) is 1. The van der Waals surface area contributed by atoms with Crippen molar-refractivity contribution in [2.24, 2.45) is 0 Å².